The minimum atomic E-state index is -0.120. The summed E-state index contributed by atoms with van der Waals surface area (Å²) in [5, 5.41) is 2.97. The number of aromatic nitrogens is 2. The van der Waals surface area contributed by atoms with Crippen molar-refractivity contribution >= 4 is 23.5 Å². The standard InChI is InChI=1S/C14H14ClN3O/c1-10-9-12(15)17-14(16-10)18-13(19)8-7-11-5-3-2-4-6-11/h2-6,9H,7-8H2,1H3,(H,16,17,18,19). The van der Waals surface area contributed by atoms with Gasteiger partial charge < -0.3 is 0 Å². The van der Waals surface area contributed by atoms with E-state index in [4.69, 9.17) is 11.6 Å². The molecule has 0 bridgehead atoms. The third-order valence-corrected chi connectivity index (χ3v) is 2.75. The molecule has 5 heteroatoms. The number of benzene rings is 1. The molecule has 1 aromatic carbocycles. The van der Waals surface area contributed by atoms with Crippen molar-refractivity contribution in [3.05, 3.63) is 52.8 Å². The summed E-state index contributed by atoms with van der Waals surface area (Å²) in [5.41, 5.74) is 1.85. The normalized spacial score (nSPS) is 10.2. The van der Waals surface area contributed by atoms with Crippen LogP contribution in [0.2, 0.25) is 5.15 Å². The van der Waals surface area contributed by atoms with Gasteiger partial charge in [-0.3, -0.25) is 10.1 Å². The Morgan fingerprint density at radius 1 is 1.26 bits per heavy atom. The highest BCUT2D eigenvalue weighted by Gasteiger charge is 2.06. The van der Waals surface area contributed by atoms with Gasteiger partial charge in [0, 0.05) is 12.1 Å². The van der Waals surface area contributed by atoms with Crippen LogP contribution in [0.5, 0.6) is 0 Å². The van der Waals surface area contributed by atoms with E-state index >= 15 is 0 Å². The van der Waals surface area contributed by atoms with E-state index in [0.29, 0.717) is 18.0 Å². The highest BCUT2D eigenvalue weighted by Crippen LogP contribution is 2.10. The molecule has 0 aliphatic heterocycles. The molecule has 0 saturated heterocycles. The third-order valence-electron chi connectivity index (χ3n) is 2.56. The fourth-order valence-electron chi connectivity index (χ4n) is 1.68. The number of nitrogens with zero attached hydrogens (tertiary/aromatic N) is 2. The van der Waals surface area contributed by atoms with Crippen molar-refractivity contribution in [3.8, 4) is 0 Å². The molecule has 98 valence electrons. The number of carbonyl (C=O) groups excluding carboxylic acids is 1. The Hall–Kier alpha value is -1.94. The molecule has 0 atom stereocenters. The summed E-state index contributed by atoms with van der Waals surface area (Å²) in [4.78, 5) is 19.8. The number of hydrogen-bond donors (Lipinski definition) is 1. The van der Waals surface area contributed by atoms with Crippen LogP contribution < -0.4 is 5.32 Å². The smallest absolute Gasteiger partial charge is 0.231 e. The lowest BCUT2D eigenvalue weighted by atomic mass is 10.1. The molecular weight excluding hydrogens is 262 g/mol. The monoisotopic (exact) mass is 275 g/mol. The Balaban J connectivity index is 1.91. The van der Waals surface area contributed by atoms with Crippen molar-refractivity contribution in [1.82, 2.24) is 9.97 Å². The molecule has 0 radical (unpaired) electrons. The second-order valence-electron chi connectivity index (χ2n) is 4.19. The Kier molecular flexibility index (Phi) is 4.47. The molecule has 4 nitrogen and oxygen atoms in total. The van der Waals surface area contributed by atoms with Gasteiger partial charge in [-0.2, -0.15) is 0 Å². The molecule has 0 unspecified atom stereocenters. The van der Waals surface area contributed by atoms with E-state index < -0.39 is 0 Å². The molecule has 0 saturated carbocycles. The molecule has 0 spiro atoms. The maximum atomic E-state index is 11.8. The Bertz CT molecular complexity index is 552. The van der Waals surface area contributed by atoms with Crippen molar-refractivity contribution in [2.75, 3.05) is 5.32 Å². The van der Waals surface area contributed by atoms with Gasteiger partial charge in [-0.1, -0.05) is 41.9 Å². The summed E-state index contributed by atoms with van der Waals surface area (Å²) in [6, 6.07) is 11.5. The average Bonchev–Trinajstić information content (AvgIpc) is 2.36. The van der Waals surface area contributed by atoms with Crippen LogP contribution in [0.25, 0.3) is 0 Å². The van der Waals surface area contributed by atoms with Gasteiger partial charge in [0.25, 0.3) is 0 Å². The second-order valence-corrected chi connectivity index (χ2v) is 4.58. The number of anilines is 1. The van der Waals surface area contributed by atoms with E-state index in [2.05, 4.69) is 15.3 Å². The molecule has 0 aliphatic carbocycles. The lowest BCUT2D eigenvalue weighted by Gasteiger charge is -2.05. The number of aryl methyl sites for hydroxylation is 2. The molecule has 1 aromatic heterocycles. The van der Waals surface area contributed by atoms with Crippen LogP contribution in [0.15, 0.2) is 36.4 Å². The predicted octanol–water partition coefficient (Wildman–Crippen LogP) is 3.01. The number of rotatable bonds is 4. The van der Waals surface area contributed by atoms with Crippen molar-refractivity contribution in [3.63, 3.8) is 0 Å². The molecule has 1 amide bonds. The topological polar surface area (TPSA) is 54.9 Å². The van der Waals surface area contributed by atoms with Crippen LogP contribution in [-0.4, -0.2) is 15.9 Å². The van der Waals surface area contributed by atoms with Crippen molar-refractivity contribution < 1.29 is 4.79 Å². The first kappa shape index (κ1) is 13.5. The van der Waals surface area contributed by atoms with E-state index in [9.17, 15) is 4.79 Å². The van der Waals surface area contributed by atoms with Crippen molar-refractivity contribution in [2.45, 2.75) is 19.8 Å². The Morgan fingerprint density at radius 2 is 2.00 bits per heavy atom. The van der Waals surface area contributed by atoms with E-state index in [0.717, 1.165) is 11.3 Å². The number of hydrogen-bond acceptors (Lipinski definition) is 3. The highest BCUT2D eigenvalue weighted by molar-refractivity contribution is 6.29. The fraction of sp³-hybridized carbons (Fsp3) is 0.214. The zero-order valence-electron chi connectivity index (χ0n) is 10.6. The van der Waals surface area contributed by atoms with Gasteiger partial charge in [0.2, 0.25) is 11.9 Å². The maximum absolute atomic E-state index is 11.8. The van der Waals surface area contributed by atoms with Crippen LogP contribution in [0.1, 0.15) is 17.7 Å². The molecular formula is C14H14ClN3O. The fourth-order valence-corrected chi connectivity index (χ4v) is 1.91. The van der Waals surface area contributed by atoms with E-state index in [-0.39, 0.29) is 11.9 Å². The van der Waals surface area contributed by atoms with Crippen molar-refractivity contribution in [1.29, 1.82) is 0 Å². The zero-order valence-corrected chi connectivity index (χ0v) is 11.3. The SMILES string of the molecule is Cc1cc(Cl)nc(NC(=O)CCc2ccccc2)n1. The Morgan fingerprint density at radius 3 is 2.68 bits per heavy atom. The summed E-state index contributed by atoms with van der Waals surface area (Å²) >= 11 is 5.80. The number of halogens is 1. The number of carbonyl (C=O) groups is 1. The van der Waals surface area contributed by atoms with Gasteiger partial charge in [0.15, 0.2) is 0 Å². The van der Waals surface area contributed by atoms with E-state index in [1.807, 2.05) is 30.3 Å². The quantitative estimate of drug-likeness (QED) is 0.873. The molecule has 2 rings (SSSR count). The van der Waals surface area contributed by atoms with E-state index in [1.165, 1.54) is 0 Å². The minimum Gasteiger partial charge on any atom is -0.294 e. The molecule has 1 N–H and O–H groups in total. The maximum Gasteiger partial charge on any atom is 0.231 e. The second kappa shape index (κ2) is 6.29. The third kappa shape index (κ3) is 4.34. The first-order chi connectivity index (χ1) is 9.13. The minimum absolute atomic E-state index is 0.120. The van der Waals surface area contributed by atoms with Crippen LogP contribution in [0.4, 0.5) is 5.95 Å². The van der Waals surface area contributed by atoms with Gasteiger partial charge in [0.1, 0.15) is 5.15 Å². The molecule has 19 heavy (non-hydrogen) atoms. The largest absolute Gasteiger partial charge is 0.294 e. The van der Waals surface area contributed by atoms with Gasteiger partial charge in [-0.15, -0.1) is 0 Å². The van der Waals surface area contributed by atoms with Crippen LogP contribution in [0.3, 0.4) is 0 Å². The molecule has 1 heterocycles. The summed E-state index contributed by atoms with van der Waals surface area (Å²) in [6.45, 7) is 1.80. The molecule has 0 aliphatic rings. The van der Waals surface area contributed by atoms with Gasteiger partial charge in [-0.05, 0) is 25.0 Å². The van der Waals surface area contributed by atoms with Crippen LogP contribution in [-0.2, 0) is 11.2 Å². The lowest BCUT2D eigenvalue weighted by molar-refractivity contribution is -0.116. The van der Waals surface area contributed by atoms with Crippen LogP contribution >= 0.6 is 11.6 Å². The predicted molar refractivity (Wildman–Crippen MR) is 75.2 cm³/mol. The van der Waals surface area contributed by atoms with Crippen molar-refractivity contribution in [2.24, 2.45) is 0 Å². The summed E-state index contributed by atoms with van der Waals surface area (Å²) in [5.74, 6) is 0.133. The first-order valence-corrected chi connectivity index (χ1v) is 6.36. The summed E-state index contributed by atoms with van der Waals surface area (Å²) in [6.07, 6.45) is 1.07. The molecule has 2 aromatic rings. The first-order valence-electron chi connectivity index (χ1n) is 5.98. The number of nitrogens with one attached hydrogen (secondary N) is 1. The van der Waals surface area contributed by atoms with E-state index in [1.54, 1.807) is 13.0 Å². The number of amides is 1. The highest BCUT2D eigenvalue weighted by atomic mass is 35.5. The summed E-state index contributed by atoms with van der Waals surface area (Å²) < 4.78 is 0. The van der Waals surface area contributed by atoms with Gasteiger partial charge in [-0.25, -0.2) is 9.97 Å². The van der Waals surface area contributed by atoms with Gasteiger partial charge in [0.05, 0.1) is 0 Å². The van der Waals surface area contributed by atoms with Crippen LogP contribution in [0, 0.1) is 6.92 Å². The lowest BCUT2D eigenvalue weighted by Crippen LogP contribution is -2.15. The zero-order chi connectivity index (χ0) is 13.7. The van der Waals surface area contributed by atoms with Gasteiger partial charge >= 0.3 is 0 Å². The molecule has 0 fully saturated rings. The summed E-state index contributed by atoms with van der Waals surface area (Å²) in [7, 11) is 0. The average molecular weight is 276 g/mol. The Labute approximate surface area is 116 Å².